The number of rotatable bonds is 8. The van der Waals surface area contributed by atoms with Crippen molar-refractivity contribution in [3.05, 3.63) is 54.0 Å². The van der Waals surface area contributed by atoms with Gasteiger partial charge in [-0.1, -0.05) is 26.0 Å². The standard InChI is InChI=1S/C17H23NO3/c1-13(2)12-21-15-7-5-14(6-8-15)10-18-11-16(19)17-4-3-9-20-17/h3-9,13,16,18-19H,10-12H2,1-2H3. The third kappa shape index (κ3) is 5.25. The first-order chi connectivity index (χ1) is 10.1. The molecule has 1 heterocycles. The average Bonchev–Trinajstić information content (AvgIpc) is 3.00. The number of nitrogens with one attached hydrogen (secondary N) is 1. The van der Waals surface area contributed by atoms with E-state index in [4.69, 9.17) is 9.15 Å². The summed E-state index contributed by atoms with van der Waals surface area (Å²) in [6, 6.07) is 11.6. The normalized spacial score (nSPS) is 12.6. The third-order valence-electron chi connectivity index (χ3n) is 3.05. The van der Waals surface area contributed by atoms with E-state index in [9.17, 15) is 5.11 Å². The fourth-order valence-electron chi connectivity index (χ4n) is 1.90. The molecule has 0 bridgehead atoms. The quantitative estimate of drug-likeness (QED) is 0.784. The molecule has 1 aromatic carbocycles. The Labute approximate surface area is 125 Å². The van der Waals surface area contributed by atoms with Crippen LogP contribution in [0.2, 0.25) is 0 Å². The first kappa shape index (κ1) is 15.6. The van der Waals surface area contributed by atoms with Gasteiger partial charge in [-0.15, -0.1) is 0 Å². The summed E-state index contributed by atoms with van der Waals surface area (Å²) in [5.74, 6) is 2.00. The predicted octanol–water partition coefficient (Wildman–Crippen LogP) is 3.14. The van der Waals surface area contributed by atoms with E-state index in [1.807, 2.05) is 24.3 Å². The minimum atomic E-state index is -0.617. The van der Waals surface area contributed by atoms with Crippen LogP contribution in [0.4, 0.5) is 0 Å². The summed E-state index contributed by atoms with van der Waals surface area (Å²) in [6.07, 6.45) is 0.947. The van der Waals surface area contributed by atoms with Crippen molar-refractivity contribution in [3.8, 4) is 5.75 Å². The van der Waals surface area contributed by atoms with E-state index in [2.05, 4.69) is 19.2 Å². The fourth-order valence-corrected chi connectivity index (χ4v) is 1.90. The minimum Gasteiger partial charge on any atom is -0.493 e. The monoisotopic (exact) mass is 289 g/mol. The van der Waals surface area contributed by atoms with Gasteiger partial charge in [0.15, 0.2) is 0 Å². The molecule has 0 radical (unpaired) electrons. The number of aliphatic hydroxyl groups excluding tert-OH is 1. The van der Waals surface area contributed by atoms with Crippen LogP contribution in [0.3, 0.4) is 0 Å². The van der Waals surface area contributed by atoms with Crippen LogP contribution in [0, 0.1) is 5.92 Å². The Balaban J connectivity index is 1.73. The van der Waals surface area contributed by atoms with Gasteiger partial charge in [-0.05, 0) is 35.7 Å². The molecule has 4 heteroatoms. The molecular formula is C17H23NO3. The maximum Gasteiger partial charge on any atom is 0.133 e. The highest BCUT2D eigenvalue weighted by Gasteiger charge is 2.09. The molecule has 4 nitrogen and oxygen atoms in total. The van der Waals surface area contributed by atoms with Gasteiger partial charge in [0, 0.05) is 13.1 Å². The van der Waals surface area contributed by atoms with Gasteiger partial charge in [0.25, 0.3) is 0 Å². The van der Waals surface area contributed by atoms with Crippen LogP contribution < -0.4 is 10.1 Å². The zero-order valence-corrected chi connectivity index (χ0v) is 12.6. The zero-order chi connectivity index (χ0) is 15.1. The molecule has 0 amide bonds. The molecule has 0 saturated carbocycles. The maximum atomic E-state index is 9.88. The minimum absolute atomic E-state index is 0.457. The number of ether oxygens (including phenoxy) is 1. The van der Waals surface area contributed by atoms with Crippen molar-refractivity contribution in [2.45, 2.75) is 26.5 Å². The molecule has 114 valence electrons. The first-order valence-electron chi connectivity index (χ1n) is 7.29. The van der Waals surface area contributed by atoms with Gasteiger partial charge < -0.3 is 19.6 Å². The highest BCUT2D eigenvalue weighted by molar-refractivity contribution is 5.27. The summed E-state index contributed by atoms with van der Waals surface area (Å²) in [6.45, 7) is 6.14. The highest BCUT2D eigenvalue weighted by atomic mass is 16.5. The zero-order valence-electron chi connectivity index (χ0n) is 12.6. The van der Waals surface area contributed by atoms with Crippen LogP contribution in [0.1, 0.15) is 31.3 Å². The Kier molecular flexibility index (Phi) is 5.84. The molecule has 0 fully saturated rings. The number of aliphatic hydroxyl groups is 1. The lowest BCUT2D eigenvalue weighted by molar-refractivity contribution is 0.147. The molecule has 1 atom stereocenters. The number of benzene rings is 1. The second kappa shape index (κ2) is 7.86. The van der Waals surface area contributed by atoms with Crippen molar-refractivity contribution in [2.75, 3.05) is 13.2 Å². The van der Waals surface area contributed by atoms with E-state index in [1.54, 1.807) is 18.4 Å². The summed E-state index contributed by atoms with van der Waals surface area (Å²) in [7, 11) is 0. The van der Waals surface area contributed by atoms with Crippen molar-refractivity contribution in [2.24, 2.45) is 5.92 Å². The molecule has 2 N–H and O–H groups in total. The van der Waals surface area contributed by atoms with Crippen LogP contribution >= 0.6 is 0 Å². The topological polar surface area (TPSA) is 54.6 Å². The Hall–Kier alpha value is -1.78. The first-order valence-corrected chi connectivity index (χ1v) is 7.29. The molecule has 0 aliphatic carbocycles. The van der Waals surface area contributed by atoms with Gasteiger partial charge in [0.2, 0.25) is 0 Å². The fraction of sp³-hybridized carbons (Fsp3) is 0.412. The lowest BCUT2D eigenvalue weighted by Crippen LogP contribution is -2.20. The van der Waals surface area contributed by atoms with E-state index in [0.717, 1.165) is 17.9 Å². The average molecular weight is 289 g/mol. The van der Waals surface area contributed by atoms with Crippen molar-refractivity contribution in [3.63, 3.8) is 0 Å². The molecule has 1 unspecified atom stereocenters. The van der Waals surface area contributed by atoms with Crippen LogP contribution in [0.15, 0.2) is 47.1 Å². The van der Waals surface area contributed by atoms with Crippen LogP contribution in [0.25, 0.3) is 0 Å². The summed E-state index contributed by atoms with van der Waals surface area (Å²) in [4.78, 5) is 0. The summed E-state index contributed by atoms with van der Waals surface area (Å²) < 4.78 is 10.8. The molecule has 0 aliphatic rings. The molecule has 2 aromatic rings. The summed E-state index contributed by atoms with van der Waals surface area (Å²) in [5.41, 5.74) is 1.15. The van der Waals surface area contributed by atoms with E-state index >= 15 is 0 Å². The van der Waals surface area contributed by atoms with Crippen molar-refractivity contribution >= 4 is 0 Å². The van der Waals surface area contributed by atoms with E-state index in [0.29, 0.717) is 24.8 Å². The van der Waals surface area contributed by atoms with Crippen LogP contribution in [0.5, 0.6) is 5.75 Å². The van der Waals surface area contributed by atoms with Crippen molar-refractivity contribution in [1.29, 1.82) is 0 Å². The number of furan rings is 1. The van der Waals surface area contributed by atoms with E-state index < -0.39 is 6.10 Å². The Morgan fingerprint density at radius 2 is 1.95 bits per heavy atom. The van der Waals surface area contributed by atoms with Gasteiger partial charge in [-0.2, -0.15) is 0 Å². The predicted molar refractivity (Wildman–Crippen MR) is 82.1 cm³/mol. The Morgan fingerprint density at radius 1 is 1.19 bits per heavy atom. The van der Waals surface area contributed by atoms with Gasteiger partial charge >= 0.3 is 0 Å². The van der Waals surface area contributed by atoms with Gasteiger partial charge in [-0.3, -0.25) is 0 Å². The summed E-state index contributed by atoms with van der Waals surface area (Å²) >= 11 is 0. The lowest BCUT2D eigenvalue weighted by atomic mass is 10.2. The van der Waals surface area contributed by atoms with Gasteiger partial charge in [0.05, 0.1) is 12.9 Å². The largest absolute Gasteiger partial charge is 0.493 e. The van der Waals surface area contributed by atoms with Gasteiger partial charge in [0.1, 0.15) is 17.6 Å². The number of hydrogen-bond donors (Lipinski definition) is 2. The second-order valence-corrected chi connectivity index (χ2v) is 5.51. The highest BCUT2D eigenvalue weighted by Crippen LogP contribution is 2.14. The molecule has 2 rings (SSSR count). The van der Waals surface area contributed by atoms with Gasteiger partial charge in [-0.25, -0.2) is 0 Å². The molecule has 0 aliphatic heterocycles. The Bertz CT molecular complexity index is 505. The molecule has 0 spiro atoms. The smallest absolute Gasteiger partial charge is 0.133 e. The maximum absolute atomic E-state index is 9.88. The molecular weight excluding hydrogens is 266 g/mol. The summed E-state index contributed by atoms with van der Waals surface area (Å²) in [5, 5.41) is 13.1. The molecule has 1 aromatic heterocycles. The Morgan fingerprint density at radius 3 is 2.57 bits per heavy atom. The van der Waals surface area contributed by atoms with E-state index in [-0.39, 0.29) is 0 Å². The molecule has 0 saturated heterocycles. The van der Waals surface area contributed by atoms with Crippen LogP contribution in [-0.2, 0) is 6.54 Å². The third-order valence-corrected chi connectivity index (χ3v) is 3.05. The van der Waals surface area contributed by atoms with Crippen molar-refractivity contribution in [1.82, 2.24) is 5.32 Å². The molecule has 21 heavy (non-hydrogen) atoms. The second-order valence-electron chi connectivity index (χ2n) is 5.51. The lowest BCUT2D eigenvalue weighted by Gasteiger charge is -2.11. The van der Waals surface area contributed by atoms with Crippen LogP contribution in [-0.4, -0.2) is 18.3 Å². The number of hydrogen-bond acceptors (Lipinski definition) is 4. The van der Waals surface area contributed by atoms with E-state index in [1.165, 1.54) is 0 Å². The van der Waals surface area contributed by atoms with Crippen molar-refractivity contribution < 1.29 is 14.3 Å². The SMILES string of the molecule is CC(C)COc1ccc(CNCC(O)c2ccco2)cc1.